The Kier molecular flexibility index (Phi) is 3.96. The maximum absolute atomic E-state index is 9.49. The van der Waals surface area contributed by atoms with Crippen molar-refractivity contribution in [1.29, 1.82) is 5.26 Å². The van der Waals surface area contributed by atoms with E-state index in [0.29, 0.717) is 6.04 Å². The Bertz CT molecular complexity index is 469. The first kappa shape index (κ1) is 14.1. The summed E-state index contributed by atoms with van der Waals surface area (Å²) < 4.78 is 1.82. The molecule has 1 aliphatic carbocycles. The molecular weight excluding hydrogens is 236 g/mol. The molecule has 1 saturated carbocycles. The van der Waals surface area contributed by atoms with E-state index in [4.69, 9.17) is 0 Å². The highest BCUT2D eigenvalue weighted by Crippen LogP contribution is 2.29. The molecule has 1 aliphatic rings. The van der Waals surface area contributed by atoms with Gasteiger partial charge >= 0.3 is 0 Å². The molecular formula is C15H24N4. The molecule has 19 heavy (non-hydrogen) atoms. The van der Waals surface area contributed by atoms with E-state index in [1.165, 1.54) is 25.7 Å². The molecule has 1 fully saturated rings. The molecule has 1 heterocycles. The molecule has 0 spiro atoms. The van der Waals surface area contributed by atoms with Crippen LogP contribution in [-0.2, 0) is 12.5 Å². The second-order valence-electron chi connectivity index (χ2n) is 6.57. The van der Waals surface area contributed by atoms with Gasteiger partial charge in [-0.15, -0.1) is 0 Å². The van der Waals surface area contributed by atoms with Crippen molar-refractivity contribution < 1.29 is 0 Å². The first-order valence-electron chi connectivity index (χ1n) is 7.11. The van der Waals surface area contributed by atoms with Gasteiger partial charge in [0.1, 0.15) is 6.04 Å². The Morgan fingerprint density at radius 1 is 1.42 bits per heavy atom. The van der Waals surface area contributed by atoms with Crippen LogP contribution in [0.1, 0.15) is 63.8 Å². The second-order valence-corrected chi connectivity index (χ2v) is 6.57. The Morgan fingerprint density at radius 3 is 2.58 bits per heavy atom. The summed E-state index contributed by atoms with van der Waals surface area (Å²) in [6.07, 6.45) is 6.90. The third-order valence-corrected chi connectivity index (χ3v) is 3.77. The van der Waals surface area contributed by atoms with E-state index < -0.39 is 0 Å². The lowest BCUT2D eigenvalue weighted by Crippen LogP contribution is -2.31. The van der Waals surface area contributed by atoms with Crippen molar-refractivity contribution in [2.24, 2.45) is 7.05 Å². The summed E-state index contributed by atoms with van der Waals surface area (Å²) in [6.45, 7) is 6.43. The van der Waals surface area contributed by atoms with E-state index in [2.05, 4.69) is 37.3 Å². The highest BCUT2D eigenvalue weighted by molar-refractivity contribution is 5.31. The number of aryl methyl sites for hydroxylation is 1. The smallest absolute Gasteiger partial charge is 0.124 e. The van der Waals surface area contributed by atoms with Crippen LogP contribution in [0.25, 0.3) is 0 Å². The van der Waals surface area contributed by atoms with Gasteiger partial charge in [0.25, 0.3) is 0 Å². The monoisotopic (exact) mass is 260 g/mol. The molecule has 1 aromatic rings. The molecule has 4 heteroatoms. The van der Waals surface area contributed by atoms with E-state index in [1.54, 1.807) is 0 Å². The Morgan fingerprint density at radius 2 is 2.05 bits per heavy atom. The van der Waals surface area contributed by atoms with Gasteiger partial charge in [0.15, 0.2) is 0 Å². The van der Waals surface area contributed by atoms with Crippen LogP contribution in [0, 0.1) is 11.3 Å². The van der Waals surface area contributed by atoms with Gasteiger partial charge in [-0.1, -0.05) is 33.6 Å². The van der Waals surface area contributed by atoms with Gasteiger partial charge < -0.3 is 0 Å². The normalized spacial score (nSPS) is 18.5. The molecule has 1 unspecified atom stereocenters. The summed E-state index contributed by atoms with van der Waals surface area (Å²) in [4.78, 5) is 0. The number of nitriles is 1. The molecule has 0 aliphatic heterocycles. The van der Waals surface area contributed by atoms with Crippen molar-refractivity contribution in [3.63, 3.8) is 0 Å². The lowest BCUT2D eigenvalue weighted by Gasteiger charge is -2.22. The van der Waals surface area contributed by atoms with Gasteiger partial charge in [-0.3, -0.25) is 10.00 Å². The number of rotatable bonds is 3. The second kappa shape index (κ2) is 5.34. The van der Waals surface area contributed by atoms with Gasteiger partial charge in [0, 0.05) is 30.3 Å². The Balaban J connectivity index is 2.25. The largest absolute Gasteiger partial charge is 0.295 e. The van der Waals surface area contributed by atoms with Crippen LogP contribution in [0.2, 0.25) is 0 Å². The fourth-order valence-corrected chi connectivity index (χ4v) is 2.83. The fraction of sp³-hybridized carbons (Fsp3) is 0.733. The molecule has 104 valence electrons. The topological polar surface area (TPSA) is 53.6 Å². The molecule has 0 bridgehead atoms. The maximum Gasteiger partial charge on any atom is 0.124 e. The number of hydrogen-bond donors (Lipinski definition) is 1. The van der Waals surface area contributed by atoms with Crippen LogP contribution in [0.5, 0.6) is 0 Å². The predicted molar refractivity (Wildman–Crippen MR) is 75.7 cm³/mol. The molecule has 0 amide bonds. The van der Waals surface area contributed by atoms with E-state index in [-0.39, 0.29) is 11.5 Å². The zero-order valence-electron chi connectivity index (χ0n) is 12.4. The standard InChI is InChI=1S/C15H24N4/c1-15(2,3)14-12(10-19(4)18-14)13(9-16)17-11-7-5-6-8-11/h10-11,13,17H,5-8H2,1-4H3. The van der Waals surface area contributed by atoms with Gasteiger partial charge in [-0.25, -0.2) is 0 Å². The highest BCUT2D eigenvalue weighted by Gasteiger charge is 2.28. The third kappa shape index (κ3) is 3.16. The summed E-state index contributed by atoms with van der Waals surface area (Å²) in [5, 5.41) is 17.5. The van der Waals surface area contributed by atoms with Gasteiger partial charge in [-0.2, -0.15) is 10.4 Å². The molecule has 1 aromatic heterocycles. The summed E-state index contributed by atoms with van der Waals surface area (Å²) >= 11 is 0. The van der Waals surface area contributed by atoms with Gasteiger partial charge in [0.05, 0.1) is 11.8 Å². The molecule has 1 N–H and O–H groups in total. The Labute approximate surface area is 115 Å². The van der Waals surface area contributed by atoms with Crippen molar-refractivity contribution in [2.45, 2.75) is 64.0 Å². The average molecular weight is 260 g/mol. The molecule has 2 rings (SSSR count). The predicted octanol–water partition coefficient (Wildman–Crippen LogP) is 2.81. The molecule has 1 atom stereocenters. The van der Waals surface area contributed by atoms with E-state index in [9.17, 15) is 5.26 Å². The minimum atomic E-state index is -0.244. The zero-order chi connectivity index (χ0) is 14.0. The number of hydrogen-bond acceptors (Lipinski definition) is 3. The van der Waals surface area contributed by atoms with Crippen molar-refractivity contribution >= 4 is 0 Å². The number of nitrogens with zero attached hydrogens (tertiary/aromatic N) is 3. The van der Waals surface area contributed by atoms with E-state index in [1.807, 2.05) is 17.9 Å². The van der Waals surface area contributed by atoms with Crippen LogP contribution in [-0.4, -0.2) is 15.8 Å². The van der Waals surface area contributed by atoms with Crippen molar-refractivity contribution in [3.05, 3.63) is 17.5 Å². The lowest BCUT2D eigenvalue weighted by molar-refractivity contribution is 0.480. The first-order chi connectivity index (χ1) is 8.91. The van der Waals surface area contributed by atoms with Crippen LogP contribution < -0.4 is 5.32 Å². The van der Waals surface area contributed by atoms with Crippen LogP contribution >= 0.6 is 0 Å². The highest BCUT2D eigenvalue weighted by atomic mass is 15.3. The maximum atomic E-state index is 9.49. The molecule has 0 aromatic carbocycles. The number of aromatic nitrogens is 2. The van der Waals surface area contributed by atoms with Crippen LogP contribution in [0.4, 0.5) is 0 Å². The fourth-order valence-electron chi connectivity index (χ4n) is 2.83. The Hall–Kier alpha value is -1.34. The summed E-state index contributed by atoms with van der Waals surface area (Å²) in [6, 6.07) is 2.65. The SMILES string of the molecule is Cn1cc(C(C#N)NC2CCCC2)c(C(C)(C)C)n1. The summed E-state index contributed by atoms with van der Waals surface area (Å²) in [7, 11) is 1.92. The van der Waals surface area contributed by atoms with Crippen molar-refractivity contribution in [2.75, 3.05) is 0 Å². The van der Waals surface area contributed by atoms with Gasteiger partial charge in [-0.05, 0) is 12.8 Å². The molecule has 0 radical (unpaired) electrons. The van der Waals surface area contributed by atoms with Crippen molar-refractivity contribution in [3.8, 4) is 6.07 Å². The van der Waals surface area contributed by atoms with Crippen LogP contribution in [0.3, 0.4) is 0 Å². The minimum Gasteiger partial charge on any atom is -0.295 e. The number of nitrogens with one attached hydrogen (secondary N) is 1. The average Bonchev–Trinajstić information content (AvgIpc) is 2.93. The van der Waals surface area contributed by atoms with Crippen LogP contribution in [0.15, 0.2) is 6.20 Å². The quantitative estimate of drug-likeness (QED) is 0.909. The molecule has 4 nitrogen and oxygen atoms in total. The first-order valence-corrected chi connectivity index (χ1v) is 7.11. The third-order valence-electron chi connectivity index (χ3n) is 3.77. The minimum absolute atomic E-state index is 0.0386. The van der Waals surface area contributed by atoms with Crippen molar-refractivity contribution in [1.82, 2.24) is 15.1 Å². The lowest BCUT2D eigenvalue weighted by atomic mass is 9.87. The zero-order valence-corrected chi connectivity index (χ0v) is 12.4. The van der Waals surface area contributed by atoms with E-state index in [0.717, 1.165) is 11.3 Å². The summed E-state index contributed by atoms with van der Waals surface area (Å²) in [5.41, 5.74) is 2.01. The van der Waals surface area contributed by atoms with Gasteiger partial charge in [0.2, 0.25) is 0 Å². The molecule has 0 saturated heterocycles. The summed E-state index contributed by atoms with van der Waals surface area (Å²) in [5.74, 6) is 0. The van der Waals surface area contributed by atoms with E-state index >= 15 is 0 Å².